The second kappa shape index (κ2) is 5.83. The Morgan fingerprint density at radius 3 is 1.79 bits per heavy atom. The summed E-state index contributed by atoms with van der Waals surface area (Å²) in [6, 6.07) is 19.7. The summed E-state index contributed by atoms with van der Waals surface area (Å²) in [7, 11) is 0. The molecule has 0 aliphatic carbocycles. The highest BCUT2D eigenvalue weighted by atomic mass is 16.1. The van der Waals surface area contributed by atoms with E-state index in [-0.39, 0.29) is 5.78 Å². The predicted octanol–water partition coefficient (Wildman–Crippen LogP) is 4.63. The summed E-state index contributed by atoms with van der Waals surface area (Å²) < 4.78 is 0. The molecule has 0 saturated heterocycles. The molecule has 2 rings (SSSR count). The monoisotopic (exact) mass is 252 g/mol. The normalized spacial score (nSPS) is 11.3. The first-order valence-corrected chi connectivity index (χ1v) is 6.90. The molecule has 0 aromatic heterocycles. The van der Waals surface area contributed by atoms with E-state index in [0.29, 0.717) is 0 Å². The second-order valence-corrected chi connectivity index (χ2v) is 4.85. The van der Waals surface area contributed by atoms with E-state index in [4.69, 9.17) is 0 Å². The van der Waals surface area contributed by atoms with Crippen LogP contribution in [0, 0.1) is 0 Å². The smallest absolute Gasteiger partial charge is 0.173 e. The van der Waals surface area contributed by atoms with E-state index in [2.05, 4.69) is 26.0 Å². The largest absolute Gasteiger partial charge is 0.293 e. The number of hydrogen-bond donors (Lipinski definition) is 0. The Labute approximate surface area is 115 Å². The molecule has 0 bridgehead atoms. The first-order chi connectivity index (χ1) is 9.24. The van der Waals surface area contributed by atoms with E-state index in [1.807, 2.05) is 48.5 Å². The molecule has 0 heterocycles. The summed E-state index contributed by atoms with van der Waals surface area (Å²) in [5, 5.41) is 0. The summed E-state index contributed by atoms with van der Waals surface area (Å²) in [6.45, 7) is 4.19. The van der Waals surface area contributed by atoms with E-state index in [0.717, 1.165) is 24.0 Å². The van der Waals surface area contributed by atoms with Gasteiger partial charge in [-0.1, -0.05) is 74.5 Å². The fourth-order valence-corrected chi connectivity index (χ4v) is 2.73. The fourth-order valence-electron chi connectivity index (χ4n) is 2.73. The molecular weight excluding hydrogens is 232 g/mol. The molecule has 2 aromatic rings. The van der Waals surface area contributed by atoms with Crippen molar-refractivity contribution in [3.63, 3.8) is 0 Å². The standard InChI is InChI=1S/C18H20O/c1-3-18(4-2,16-13-9-6-10-14-16)17(19)15-11-7-5-8-12-15/h5-14H,3-4H2,1-2H3. The van der Waals surface area contributed by atoms with Gasteiger partial charge in [-0.05, 0) is 18.4 Å². The van der Waals surface area contributed by atoms with Crippen LogP contribution in [-0.2, 0) is 5.41 Å². The molecule has 0 radical (unpaired) electrons. The van der Waals surface area contributed by atoms with Gasteiger partial charge in [0, 0.05) is 5.56 Å². The molecule has 0 aliphatic rings. The minimum absolute atomic E-state index is 0.226. The second-order valence-electron chi connectivity index (χ2n) is 4.85. The van der Waals surface area contributed by atoms with Gasteiger partial charge in [-0.15, -0.1) is 0 Å². The number of hydrogen-bond acceptors (Lipinski definition) is 1. The zero-order valence-corrected chi connectivity index (χ0v) is 11.6. The van der Waals surface area contributed by atoms with Gasteiger partial charge in [0.2, 0.25) is 0 Å². The van der Waals surface area contributed by atoms with Crippen LogP contribution in [-0.4, -0.2) is 5.78 Å². The maximum absolute atomic E-state index is 12.9. The molecule has 0 atom stereocenters. The van der Waals surface area contributed by atoms with Crippen molar-refractivity contribution in [2.75, 3.05) is 0 Å². The molecule has 2 aromatic carbocycles. The highest BCUT2D eigenvalue weighted by Crippen LogP contribution is 2.35. The minimum atomic E-state index is -0.400. The first-order valence-electron chi connectivity index (χ1n) is 6.90. The Morgan fingerprint density at radius 1 is 0.842 bits per heavy atom. The molecule has 0 aliphatic heterocycles. The quantitative estimate of drug-likeness (QED) is 0.709. The van der Waals surface area contributed by atoms with Crippen LogP contribution >= 0.6 is 0 Å². The SMILES string of the molecule is CCC(CC)(C(=O)c1ccccc1)c1ccccc1. The van der Waals surface area contributed by atoms with Gasteiger partial charge in [0.1, 0.15) is 0 Å². The van der Waals surface area contributed by atoms with Crippen molar-refractivity contribution in [3.8, 4) is 0 Å². The number of Topliss-reactive ketones (excluding diaryl/α,β-unsaturated/α-hetero) is 1. The van der Waals surface area contributed by atoms with Crippen molar-refractivity contribution >= 4 is 5.78 Å². The molecular formula is C18H20O. The van der Waals surface area contributed by atoms with E-state index < -0.39 is 5.41 Å². The van der Waals surface area contributed by atoms with Crippen molar-refractivity contribution in [2.45, 2.75) is 32.1 Å². The van der Waals surface area contributed by atoms with Crippen LogP contribution in [0.1, 0.15) is 42.6 Å². The number of carbonyl (C=O) groups is 1. The average Bonchev–Trinajstić information content (AvgIpc) is 2.51. The number of rotatable bonds is 5. The zero-order valence-electron chi connectivity index (χ0n) is 11.6. The van der Waals surface area contributed by atoms with Crippen LogP contribution in [0.2, 0.25) is 0 Å². The van der Waals surface area contributed by atoms with Crippen LogP contribution in [0.5, 0.6) is 0 Å². The molecule has 0 unspecified atom stereocenters. The van der Waals surface area contributed by atoms with E-state index >= 15 is 0 Å². The highest BCUT2D eigenvalue weighted by Gasteiger charge is 2.36. The van der Waals surface area contributed by atoms with E-state index in [1.54, 1.807) is 0 Å². The lowest BCUT2D eigenvalue weighted by atomic mass is 9.70. The fraction of sp³-hybridized carbons (Fsp3) is 0.278. The molecule has 19 heavy (non-hydrogen) atoms. The first kappa shape index (κ1) is 13.5. The molecule has 0 spiro atoms. The van der Waals surface area contributed by atoms with Crippen LogP contribution in [0.4, 0.5) is 0 Å². The lowest BCUT2D eigenvalue weighted by Gasteiger charge is -2.31. The Bertz CT molecular complexity index is 524. The van der Waals surface area contributed by atoms with Gasteiger partial charge in [-0.25, -0.2) is 0 Å². The Hall–Kier alpha value is -1.89. The number of ketones is 1. The van der Waals surface area contributed by atoms with Gasteiger partial charge < -0.3 is 0 Å². The van der Waals surface area contributed by atoms with E-state index in [9.17, 15) is 4.79 Å². The number of benzene rings is 2. The van der Waals surface area contributed by atoms with Gasteiger partial charge in [0.05, 0.1) is 5.41 Å². The molecule has 0 N–H and O–H groups in total. The van der Waals surface area contributed by atoms with Gasteiger partial charge in [-0.2, -0.15) is 0 Å². The van der Waals surface area contributed by atoms with Crippen LogP contribution in [0.3, 0.4) is 0 Å². The van der Waals surface area contributed by atoms with Crippen molar-refractivity contribution in [1.29, 1.82) is 0 Å². The van der Waals surface area contributed by atoms with Crippen LogP contribution in [0.15, 0.2) is 60.7 Å². The molecule has 0 fully saturated rings. The Balaban J connectivity index is 2.49. The molecule has 0 saturated carbocycles. The molecule has 0 amide bonds. The van der Waals surface area contributed by atoms with E-state index in [1.165, 1.54) is 0 Å². The molecule has 1 nitrogen and oxygen atoms in total. The predicted molar refractivity (Wildman–Crippen MR) is 79.5 cm³/mol. The third-order valence-electron chi connectivity index (χ3n) is 4.00. The maximum atomic E-state index is 12.9. The topological polar surface area (TPSA) is 17.1 Å². The van der Waals surface area contributed by atoms with Gasteiger partial charge >= 0.3 is 0 Å². The summed E-state index contributed by atoms with van der Waals surface area (Å²) in [5.74, 6) is 0.226. The average molecular weight is 252 g/mol. The van der Waals surface area contributed by atoms with Crippen molar-refractivity contribution in [3.05, 3.63) is 71.8 Å². The minimum Gasteiger partial charge on any atom is -0.293 e. The van der Waals surface area contributed by atoms with Crippen molar-refractivity contribution in [1.82, 2.24) is 0 Å². The maximum Gasteiger partial charge on any atom is 0.173 e. The lowest BCUT2D eigenvalue weighted by molar-refractivity contribution is 0.0873. The third kappa shape index (κ3) is 2.46. The molecule has 1 heteroatoms. The van der Waals surface area contributed by atoms with Gasteiger partial charge in [-0.3, -0.25) is 4.79 Å². The Kier molecular flexibility index (Phi) is 4.16. The summed E-state index contributed by atoms with van der Waals surface area (Å²) in [4.78, 5) is 12.9. The van der Waals surface area contributed by atoms with Crippen molar-refractivity contribution in [2.24, 2.45) is 0 Å². The number of carbonyl (C=O) groups excluding carboxylic acids is 1. The van der Waals surface area contributed by atoms with Crippen LogP contribution < -0.4 is 0 Å². The zero-order chi connectivity index (χ0) is 13.7. The highest BCUT2D eigenvalue weighted by molar-refractivity contribution is 6.04. The van der Waals surface area contributed by atoms with Crippen molar-refractivity contribution < 1.29 is 4.79 Å². The van der Waals surface area contributed by atoms with Gasteiger partial charge in [0.15, 0.2) is 5.78 Å². The van der Waals surface area contributed by atoms with Gasteiger partial charge in [0.25, 0.3) is 0 Å². The summed E-state index contributed by atoms with van der Waals surface area (Å²) >= 11 is 0. The lowest BCUT2D eigenvalue weighted by Crippen LogP contribution is -2.34. The summed E-state index contributed by atoms with van der Waals surface area (Å²) in [6.07, 6.45) is 1.64. The Morgan fingerprint density at radius 2 is 1.32 bits per heavy atom. The third-order valence-corrected chi connectivity index (χ3v) is 4.00. The van der Waals surface area contributed by atoms with Crippen LogP contribution in [0.25, 0.3) is 0 Å². The summed E-state index contributed by atoms with van der Waals surface area (Å²) in [5.41, 5.74) is 1.52. The molecule has 98 valence electrons.